The van der Waals surface area contributed by atoms with Gasteiger partial charge in [0, 0.05) is 25.7 Å². The first kappa shape index (κ1) is 97.1. The number of esters is 4. The summed E-state index contributed by atoms with van der Waals surface area (Å²) in [6.07, 6.45) is 61.0. The minimum absolute atomic E-state index is 0.106. The van der Waals surface area contributed by atoms with Gasteiger partial charge >= 0.3 is 39.5 Å². The monoisotopic (exact) mass is 1450 g/mol. The van der Waals surface area contributed by atoms with E-state index in [1.165, 1.54) is 238 Å². The smallest absolute Gasteiger partial charge is 0.462 e. The zero-order valence-corrected chi connectivity index (χ0v) is 66.6. The Bertz CT molecular complexity index is 1910. The molecule has 0 aromatic carbocycles. The number of phosphoric ester groups is 2. The lowest BCUT2D eigenvalue weighted by Gasteiger charge is -2.21. The maximum atomic E-state index is 13.1. The molecule has 0 fully saturated rings. The third-order valence-electron chi connectivity index (χ3n) is 18.7. The predicted octanol–water partition coefficient (Wildman–Crippen LogP) is 23.9. The molecule has 0 aromatic rings. The largest absolute Gasteiger partial charge is 0.472 e. The minimum Gasteiger partial charge on any atom is -0.462 e. The molecule has 0 amide bonds. The van der Waals surface area contributed by atoms with Crippen LogP contribution in [-0.2, 0) is 65.4 Å². The molecule has 0 aromatic heterocycles. The Hall–Kier alpha value is -1.94. The Labute approximate surface area is 607 Å². The molecule has 0 bridgehead atoms. The van der Waals surface area contributed by atoms with E-state index in [0.29, 0.717) is 25.7 Å². The molecule has 2 unspecified atom stereocenters. The van der Waals surface area contributed by atoms with Crippen molar-refractivity contribution in [2.45, 2.75) is 439 Å². The van der Waals surface area contributed by atoms with Crippen LogP contribution in [0.4, 0.5) is 0 Å². The average molecular weight is 1450 g/mol. The van der Waals surface area contributed by atoms with Gasteiger partial charge in [-0.15, -0.1) is 0 Å². The fourth-order valence-electron chi connectivity index (χ4n) is 12.4. The Morgan fingerprint density at radius 3 is 0.687 bits per heavy atom. The summed E-state index contributed by atoms with van der Waals surface area (Å²) < 4.78 is 68.7. The van der Waals surface area contributed by atoms with Crippen LogP contribution in [0.25, 0.3) is 0 Å². The molecule has 19 heteroatoms. The van der Waals surface area contributed by atoms with Gasteiger partial charge in [-0.3, -0.25) is 37.3 Å². The maximum absolute atomic E-state index is 13.1. The van der Waals surface area contributed by atoms with E-state index in [2.05, 4.69) is 41.5 Å². The van der Waals surface area contributed by atoms with Crippen molar-refractivity contribution < 1.29 is 80.2 Å². The number of carbonyl (C=O) groups is 4. The van der Waals surface area contributed by atoms with Crippen molar-refractivity contribution in [2.24, 2.45) is 11.8 Å². The summed E-state index contributed by atoms with van der Waals surface area (Å²) in [6, 6.07) is 0. The van der Waals surface area contributed by atoms with Gasteiger partial charge in [0.05, 0.1) is 26.4 Å². The van der Waals surface area contributed by atoms with E-state index >= 15 is 0 Å². The van der Waals surface area contributed by atoms with Crippen LogP contribution in [0.1, 0.15) is 420 Å². The molecule has 99 heavy (non-hydrogen) atoms. The maximum Gasteiger partial charge on any atom is 0.472 e. The van der Waals surface area contributed by atoms with Crippen LogP contribution in [0.2, 0.25) is 0 Å². The van der Waals surface area contributed by atoms with Crippen LogP contribution in [0.3, 0.4) is 0 Å². The molecule has 0 aliphatic rings. The molecular weight excluding hydrogens is 1290 g/mol. The highest BCUT2D eigenvalue weighted by Gasteiger charge is 2.30. The van der Waals surface area contributed by atoms with Gasteiger partial charge < -0.3 is 33.8 Å². The van der Waals surface area contributed by atoms with E-state index in [0.717, 1.165) is 102 Å². The predicted molar refractivity (Wildman–Crippen MR) is 405 cm³/mol. The molecule has 3 N–H and O–H groups in total. The summed E-state index contributed by atoms with van der Waals surface area (Å²) in [6.45, 7) is 9.63. The van der Waals surface area contributed by atoms with E-state index in [1.54, 1.807) is 0 Å². The van der Waals surface area contributed by atoms with E-state index in [4.69, 9.17) is 37.0 Å². The lowest BCUT2D eigenvalue weighted by Crippen LogP contribution is -2.30. The number of aliphatic hydroxyl groups excluding tert-OH is 1. The Morgan fingerprint density at radius 1 is 0.273 bits per heavy atom. The van der Waals surface area contributed by atoms with Crippen molar-refractivity contribution >= 4 is 39.5 Å². The topological polar surface area (TPSA) is 237 Å². The third-order valence-corrected chi connectivity index (χ3v) is 20.6. The normalized spacial score (nSPS) is 13.9. The summed E-state index contributed by atoms with van der Waals surface area (Å²) >= 11 is 0. The van der Waals surface area contributed by atoms with Gasteiger partial charge in [-0.25, -0.2) is 9.13 Å². The lowest BCUT2D eigenvalue weighted by atomic mass is 10.0. The number of phosphoric acid groups is 2. The quantitative estimate of drug-likeness (QED) is 0.0222. The SMILES string of the molecule is CCCCCCCCCCCCCCCCCCCCC(=O)O[C@H](COC(=O)CCCCCCCCCCCCCCCCC(C)C)COP(=O)(O)OC[C@@H](O)COP(=O)(O)OC[C@@H](COC(=O)CCCCCCCCCCCCCC)OC(=O)CCCCCCCCCCCC(C)C. The standard InChI is InChI=1S/C80H156O17P2/c1-7-9-11-13-15-17-19-21-22-23-24-25-30-34-40-46-52-58-64-79(84)96-75(68-91-78(83)63-57-51-45-39-33-29-27-26-28-31-36-42-48-54-60-72(3)4)70-94-98(86,87)92-66-74(81)67-93-99(88,89)95-71-76(97-80(85)65-59-53-47-41-35-37-43-49-55-61-73(5)6)69-90-77(82)62-56-50-44-38-32-20-18-16-14-12-10-8-2/h72-76,81H,7-71H2,1-6H3,(H,86,87)(H,88,89)/t74-,75-,76-/m1/s1. The van der Waals surface area contributed by atoms with Gasteiger partial charge in [0.2, 0.25) is 0 Å². The molecule has 0 radical (unpaired) electrons. The van der Waals surface area contributed by atoms with E-state index in [-0.39, 0.29) is 25.7 Å². The average Bonchev–Trinajstić information content (AvgIpc) is 0.987. The van der Waals surface area contributed by atoms with Gasteiger partial charge in [0.15, 0.2) is 12.2 Å². The number of hydrogen-bond donors (Lipinski definition) is 3. The fraction of sp³-hybridized carbons (Fsp3) is 0.950. The highest BCUT2D eigenvalue weighted by atomic mass is 31.2. The zero-order chi connectivity index (χ0) is 72.8. The second kappa shape index (κ2) is 71.7. The Kier molecular flexibility index (Phi) is 70.3. The van der Waals surface area contributed by atoms with Gasteiger partial charge in [-0.1, -0.05) is 369 Å². The molecule has 0 saturated carbocycles. The van der Waals surface area contributed by atoms with Crippen molar-refractivity contribution in [3.63, 3.8) is 0 Å². The fourth-order valence-corrected chi connectivity index (χ4v) is 13.9. The van der Waals surface area contributed by atoms with Crippen molar-refractivity contribution in [3.8, 4) is 0 Å². The molecule has 0 heterocycles. The van der Waals surface area contributed by atoms with Crippen molar-refractivity contribution in [2.75, 3.05) is 39.6 Å². The van der Waals surface area contributed by atoms with E-state index < -0.39 is 97.5 Å². The number of rotatable bonds is 79. The van der Waals surface area contributed by atoms with Crippen molar-refractivity contribution in [1.29, 1.82) is 0 Å². The lowest BCUT2D eigenvalue weighted by molar-refractivity contribution is -0.161. The highest BCUT2D eigenvalue weighted by Crippen LogP contribution is 2.45. The molecule has 0 aliphatic carbocycles. The van der Waals surface area contributed by atoms with Crippen LogP contribution < -0.4 is 0 Å². The van der Waals surface area contributed by atoms with Crippen molar-refractivity contribution in [1.82, 2.24) is 0 Å². The molecule has 5 atom stereocenters. The summed E-state index contributed by atoms with van der Waals surface area (Å²) in [4.78, 5) is 73.0. The third kappa shape index (κ3) is 74.1. The van der Waals surface area contributed by atoms with Crippen LogP contribution in [0.5, 0.6) is 0 Å². The highest BCUT2D eigenvalue weighted by molar-refractivity contribution is 7.47. The number of hydrogen-bond acceptors (Lipinski definition) is 15. The first-order valence-electron chi connectivity index (χ1n) is 41.5. The number of ether oxygens (including phenoxy) is 4. The minimum atomic E-state index is -4.96. The number of carbonyl (C=O) groups excluding carboxylic acids is 4. The zero-order valence-electron chi connectivity index (χ0n) is 64.8. The van der Waals surface area contributed by atoms with E-state index in [1.807, 2.05) is 0 Å². The molecule has 0 rings (SSSR count). The number of unbranched alkanes of at least 4 members (excludes halogenated alkanes) is 49. The van der Waals surface area contributed by atoms with Gasteiger partial charge in [-0.2, -0.15) is 0 Å². The summed E-state index contributed by atoms with van der Waals surface area (Å²) in [5.74, 6) is -0.573. The van der Waals surface area contributed by atoms with E-state index in [9.17, 15) is 43.2 Å². The number of aliphatic hydroxyl groups is 1. The molecular formula is C80H156O17P2. The first-order valence-corrected chi connectivity index (χ1v) is 44.5. The first-order chi connectivity index (χ1) is 47.9. The molecule has 17 nitrogen and oxygen atoms in total. The molecule has 588 valence electrons. The van der Waals surface area contributed by atoms with Crippen LogP contribution in [0.15, 0.2) is 0 Å². The summed E-state index contributed by atoms with van der Waals surface area (Å²) in [7, 11) is -9.92. The van der Waals surface area contributed by atoms with Crippen LogP contribution in [0, 0.1) is 11.8 Å². The van der Waals surface area contributed by atoms with Crippen LogP contribution in [-0.4, -0.2) is 96.7 Å². The molecule has 0 aliphatic heterocycles. The Balaban J connectivity index is 5.25. The molecule has 0 spiro atoms. The van der Waals surface area contributed by atoms with Gasteiger partial charge in [-0.05, 0) is 37.5 Å². The summed E-state index contributed by atoms with van der Waals surface area (Å²) in [5.41, 5.74) is 0. The summed E-state index contributed by atoms with van der Waals surface area (Å²) in [5, 5.41) is 10.6. The van der Waals surface area contributed by atoms with Gasteiger partial charge in [0.1, 0.15) is 19.3 Å². The van der Waals surface area contributed by atoms with Crippen LogP contribution >= 0.6 is 15.6 Å². The second-order valence-corrected chi connectivity index (χ2v) is 32.7. The molecule has 0 saturated heterocycles. The second-order valence-electron chi connectivity index (χ2n) is 29.8. The van der Waals surface area contributed by atoms with Gasteiger partial charge in [0.25, 0.3) is 0 Å². The van der Waals surface area contributed by atoms with Crippen molar-refractivity contribution in [3.05, 3.63) is 0 Å². The Morgan fingerprint density at radius 2 is 0.465 bits per heavy atom.